The van der Waals surface area contributed by atoms with Gasteiger partial charge in [0.2, 0.25) is 11.7 Å². The second-order valence-electron chi connectivity index (χ2n) is 1.93. The number of hydrogen-bond acceptors (Lipinski definition) is 4. The molecule has 0 atom stereocenters. The molecule has 0 aliphatic carbocycles. The molecule has 4 heteroatoms. The lowest BCUT2D eigenvalue weighted by Crippen LogP contribution is -1.95. The first-order chi connectivity index (χ1) is 5.86. The zero-order valence-corrected chi connectivity index (χ0v) is 6.74. The van der Waals surface area contributed by atoms with Crippen molar-refractivity contribution in [3.8, 4) is 17.7 Å². The molecule has 0 bridgehead atoms. The molecule has 0 saturated heterocycles. The molecule has 1 aromatic rings. The van der Waals surface area contributed by atoms with Gasteiger partial charge in [-0.05, 0) is 5.92 Å². The van der Waals surface area contributed by atoms with E-state index in [2.05, 4.69) is 21.8 Å². The SMILES string of the molecule is COc1ccnc(C#CCN)n1. The third-order valence-electron chi connectivity index (χ3n) is 1.14. The minimum absolute atomic E-state index is 0.306. The van der Waals surface area contributed by atoms with Crippen LogP contribution in [-0.2, 0) is 0 Å². The van der Waals surface area contributed by atoms with Gasteiger partial charge in [-0.25, -0.2) is 4.98 Å². The number of ether oxygens (including phenoxy) is 1. The summed E-state index contributed by atoms with van der Waals surface area (Å²) in [6, 6.07) is 1.66. The average molecular weight is 163 g/mol. The zero-order valence-electron chi connectivity index (χ0n) is 6.74. The molecule has 1 aromatic heterocycles. The highest BCUT2D eigenvalue weighted by atomic mass is 16.5. The normalized spacial score (nSPS) is 8.50. The van der Waals surface area contributed by atoms with Crippen LogP contribution in [0.1, 0.15) is 5.82 Å². The van der Waals surface area contributed by atoms with Crippen molar-refractivity contribution in [2.45, 2.75) is 0 Å². The largest absolute Gasteiger partial charge is 0.481 e. The van der Waals surface area contributed by atoms with Gasteiger partial charge in [0.25, 0.3) is 0 Å². The molecule has 1 rings (SSSR count). The van der Waals surface area contributed by atoms with Crippen LogP contribution in [0.4, 0.5) is 0 Å². The number of rotatable bonds is 1. The molecule has 0 unspecified atom stereocenters. The zero-order chi connectivity index (χ0) is 8.81. The van der Waals surface area contributed by atoms with E-state index in [0.717, 1.165) is 0 Å². The summed E-state index contributed by atoms with van der Waals surface area (Å²) in [5.74, 6) is 6.29. The lowest BCUT2D eigenvalue weighted by molar-refractivity contribution is 0.396. The van der Waals surface area contributed by atoms with Crippen molar-refractivity contribution in [2.75, 3.05) is 13.7 Å². The Morgan fingerprint density at radius 1 is 1.67 bits per heavy atom. The first-order valence-electron chi connectivity index (χ1n) is 3.43. The van der Waals surface area contributed by atoms with Crippen molar-refractivity contribution >= 4 is 0 Å². The van der Waals surface area contributed by atoms with E-state index in [9.17, 15) is 0 Å². The second kappa shape index (κ2) is 4.31. The average Bonchev–Trinajstić information content (AvgIpc) is 2.15. The quantitative estimate of drug-likeness (QED) is 0.582. The van der Waals surface area contributed by atoms with Gasteiger partial charge < -0.3 is 10.5 Å². The van der Waals surface area contributed by atoms with Crippen LogP contribution < -0.4 is 10.5 Å². The molecule has 1 heterocycles. The standard InChI is InChI=1S/C8H9N3O/c1-12-8-4-6-10-7(11-8)3-2-5-9/h4,6H,5,9H2,1H3. The maximum Gasteiger partial charge on any atom is 0.217 e. The Morgan fingerprint density at radius 3 is 3.17 bits per heavy atom. The van der Waals surface area contributed by atoms with Gasteiger partial charge in [-0.2, -0.15) is 4.98 Å². The van der Waals surface area contributed by atoms with E-state index in [-0.39, 0.29) is 0 Å². The highest BCUT2D eigenvalue weighted by Gasteiger charge is 1.93. The number of aromatic nitrogens is 2. The fraction of sp³-hybridized carbons (Fsp3) is 0.250. The Labute approximate surface area is 70.8 Å². The van der Waals surface area contributed by atoms with Crippen LogP contribution in [0.15, 0.2) is 12.3 Å². The van der Waals surface area contributed by atoms with Crippen molar-refractivity contribution < 1.29 is 4.74 Å². The fourth-order valence-corrected chi connectivity index (χ4v) is 0.646. The molecule has 0 radical (unpaired) electrons. The predicted octanol–water partition coefficient (Wildman–Crippen LogP) is -0.205. The van der Waals surface area contributed by atoms with Gasteiger partial charge in [0.05, 0.1) is 13.7 Å². The fourth-order valence-electron chi connectivity index (χ4n) is 0.646. The molecule has 0 amide bonds. The summed E-state index contributed by atoms with van der Waals surface area (Å²) >= 11 is 0. The molecule has 12 heavy (non-hydrogen) atoms. The van der Waals surface area contributed by atoms with E-state index in [1.54, 1.807) is 19.4 Å². The highest BCUT2D eigenvalue weighted by Crippen LogP contribution is 2.01. The van der Waals surface area contributed by atoms with E-state index in [1.807, 2.05) is 0 Å². The van der Waals surface area contributed by atoms with Gasteiger partial charge in [-0.1, -0.05) is 5.92 Å². The predicted molar refractivity (Wildman–Crippen MR) is 44.5 cm³/mol. The molecule has 0 aliphatic heterocycles. The Bertz CT molecular complexity index is 314. The minimum atomic E-state index is 0.306. The van der Waals surface area contributed by atoms with Crippen LogP contribution in [0.2, 0.25) is 0 Å². The summed E-state index contributed by atoms with van der Waals surface area (Å²) in [4.78, 5) is 7.87. The maximum absolute atomic E-state index is 5.19. The molecule has 62 valence electrons. The van der Waals surface area contributed by atoms with Gasteiger partial charge >= 0.3 is 0 Å². The van der Waals surface area contributed by atoms with Crippen LogP contribution in [0.3, 0.4) is 0 Å². The summed E-state index contributed by atoms with van der Waals surface area (Å²) in [6.45, 7) is 0.306. The smallest absolute Gasteiger partial charge is 0.217 e. The molecular weight excluding hydrogens is 154 g/mol. The third kappa shape index (κ3) is 2.22. The van der Waals surface area contributed by atoms with Crippen molar-refractivity contribution in [2.24, 2.45) is 5.73 Å². The molecule has 0 aromatic carbocycles. The lowest BCUT2D eigenvalue weighted by Gasteiger charge is -1.95. The summed E-state index contributed by atoms with van der Waals surface area (Å²) in [5.41, 5.74) is 5.19. The summed E-state index contributed by atoms with van der Waals surface area (Å²) < 4.78 is 4.88. The Kier molecular flexibility index (Phi) is 3.05. The van der Waals surface area contributed by atoms with Crippen molar-refractivity contribution in [1.29, 1.82) is 0 Å². The maximum atomic E-state index is 5.19. The van der Waals surface area contributed by atoms with Gasteiger partial charge in [0.1, 0.15) is 0 Å². The monoisotopic (exact) mass is 163 g/mol. The van der Waals surface area contributed by atoms with Crippen molar-refractivity contribution in [3.05, 3.63) is 18.1 Å². The first kappa shape index (κ1) is 8.50. The third-order valence-corrected chi connectivity index (χ3v) is 1.14. The summed E-state index contributed by atoms with van der Waals surface area (Å²) in [6.07, 6.45) is 1.59. The first-order valence-corrected chi connectivity index (χ1v) is 3.43. The van der Waals surface area contributed by atoms with Gasteiger partial charge in [-0.15, -0.1) is 0 Å². The van der Waals surface area contributed by atoms with E-state index in [0.29, 0.717) is 18.2 Å². The minimum Gasteiger partial charge on any atom is -0.481 e. The van der Waals surface area contributed by atoms with Crippen LogP contribution in [0.5, 0.6) is 5.88 Å². The number of nitrogens with zero attached hydrogens (tertiary/aromatic N) is 2. The van der Waals surface area contributed by atoms with E-state index >= 15 is 0 Å². The van der Waals surface area contributed by atoms with Gasteiger partial charge in [-0.3, -0.25) is 0 Å². The van der Waals surface area contributed by atoms with Gasteiger partial charge in [0, 0.05) is 12.3 Å². The van der Waals surface area contributed by atoms with Gasteiger partial charge in [0.15, 0.2) is 0 Å². The number of nitrogens with two attached hydrogens (primary N) is 1. The van der Waals surface area contributed by atoms with Crippen LogP contribution in [0.25, 0.3) is 0 Å². The topological polar surface area (TPSA) is 61.0 Å². The van der Waals surface area contributed by atoms with Crippen LogP contribution in [-0.4, -0.2) is 23.6 Å². The van der Waals surface area contributed by atoms with E-state index < -0.39 is 0 Å². The Hall–Kier alpha value is -1.60. The van der Waals surface area contributed by atoms with Crippen LogP contribution in [0, 0.1) is 11.8 Å². The second-order valence-corrected chi connectivity index (χ2v) is 1.93. The molecule has 4 nitrogen and oxygen atoms in total. The molecule has 2 N–H and O–H groups in total. The van der Waals surface area contributed by atoms with Crippen molar-refractivity contribution in [1.82, 2.24) is 9.97 Å². The highest BCUT2D eigenvalue weighted by molar-refractivity contribution is 5.23. The number of hydrogen-bond donors (Lipinski definition) is 1. The summed E-state index contributed by atoms with van der Waals surface area (Å²) in [7, 11) is 1.54. The van der Waals surface area contributed by atoms with E-state index in [4.69, 9.17) is 10.5 Å². The molecular formula is C8H9N3O. The molecule has 0 saturated carbocycles. The van der Waals surface area contributed by atoms with Crippen LogP contribution >= 0.6 is 0 Å². The molecule has 0 fully saturated rings. The summed E-state index contributed by atoms with van der Waals surface area (Å²) in [5, 5.41) is 0. The molecule has 0 spiro atoms. The van der Waals surface area contributed by atoms with E-state index in [1.165, 1.54) is 0 Å². The lowest BCUT2D eigenvalue weighted by atomic mass is 10.5. The molecule has 0 aliphatic rings. The van der Waals surface area contributed by atoms with Crippen molar-refractivity contribution in [3.63, 3.8) is 0 Å². The Morgan fingerprint density at radius 2 is 2.50 bits per heavy atom. The Balaban J connectivity index is 2.86. The number of methoxy groups -OCH3 is 1.